The van der Waals surface area contributed by atoms with Gasteiger partial charge in [0.25, 0.3) is 0 Å². The van der Waals surface area contributed by atoms with E-state index in [9.17, 15) is 4.79 Å². The van der Waals surface area contributed by atoms with Crippen LogP contribution >= 0.6 is 11.6 Å². The van der Waals surface area contributed by atoms with E-state index in [1.54, 1.807) is 0 Å². The van der Waals surface area contributed by atoms with E-state index >= 15 is 0 Å². The molecule has 0 unspecified atom stereocenters. The first kappa shape index (κ1) is 18.0. The first-order valence-corrected chi connectivity index (χ1v) is 9.37. The first-order valence-electron chi connectivity index (χ1n) is 8.99. The van der Waals surface area contributed by atoms with Crippen LogP contribution in [0.2, 0.25) is 5.02 Å². The van der Waals surface area contributed by atoms with Crippen molar-refractivity contribution >= 4 is 17.5 Å². The maximum Gasteiger partial charge on any atom is 0.223 e. The number of carbonyl (C=O) groups excluding carboxylic acids is 1. The van der Waals surface area contributed by atoms with E-state index in [1.165, 1.54) is 11.1 Å². The Labute approximate surface area is 155 Å². The minimum atomic E-state index is 0.150. The smallest absolute Gasteiger partial charge is 0.223 e. The fourth-order valence-electron chi connectivity index (χ4n) is 3.32. The molecule has 1 aliphatic rings. The molecule has 0 spiro atoms. The van der Waals surface area contributed by atoms with Crippen molar-refractivity contribution < 1.29 is 4.79 Å². The third kappa shape index (κ3) is 5.58. The van der Waals surface area contributed by atoms with Gasteiger partial charge in [0.1, 0.15) is 0 Å². The largest absolute Gasteiger partial charge is 0.356 e. The minimum Gasteiger partial charge on any atom is -0.356 e. The van der Waals surface area contributed by atoms with Gasteiger partial charge in [0.15, 0.2) is 0 Å². The zero-order chi connectivity index (χ0) is 17.5. The molecule has 3 nitrogen and oxygen atoms in total. The number of nitrogens with one attached hydrogen (secondary N) is 1. The number of hydrogen-bond donors (Lipinski definition) is 1. The van der Waals surface area contributed by atoms with Gasteiger partial charge in [-0.1, -0.05) is 54.1 Å². The molecule has 25 heavy (non-hydrogen) atoms. The maximum absolute atomic E-state index is 12.4. The zero-order valence-corrected chi connectivity index (χ0v) is 15.2. The number of nitrogens with zero attached hydrogens (tertiary/aromatic N) is 1. The molecule has 0 radical (unpaired) electrons. The van der Waals surface area contributed by atoms with E-state index < -0.39 is 0 Å². The summed E-state index contributed by atoms with van der Waals surface area (Å²) >= 11 is 5.89. The molecule has 2 aromatic carbocycles. The van der Waals surface area contributed by atoms with E-state index in [0.717, 1.165) is 43.9 Å². The molecule has 1 aliphatic heterocycles. The highest BCUT2D eigenvalue weighted by Crippen LogP contribution is 2.19. The summed E-state index contributed by atoms with van der Waals surface area (Å²) in [6, 6.07) is 18.3. The number of piperidine rings is 1. The molecule has 1 saturated heterocycles. The average molecular weight is 357 g/mol. The summed E-state index contributed by atoms with van der Waals surface area (Å²) in [4.78, 5) is 14.8. The molecule has 0 bridgehead atoms. The lowest BCUT2D eigenvalue weighted by atomic mass is 9.95. The van der Waals surface area contributed by atoms with Gasteiger partial charge in [-0.2, -0.15) is 0 Å². The molecule has 132 valence electrons. The zero-order valence-electron chi connectivity index (χ0n) is 14.5. The predicted molar refractivity (Wildman–Crippen MR) is 103 cm³/mol. The molecular weight excluding hydrogens is 332 g/mol. The Morgan fingerprint density at radius 2 is 1.68 bits per heavy atom. The minimum absolute atomic E-state index is 0.150. The van der Waals surface area contributed by atoms with Crippen molar-refractivity contribution in [3.63, 3.8) is 0 Å². The number of halogens is 1. The van der Waals surface area contributed by atoms with Crippen molar-refractivity contribution in [1.29, 1.82) is 0 Å². The molecule has 0 aliphatic carbocycles. The summed E-state index contributed by atoms with van der Waals surface area (Å²) in [6.45, 7) is 3.64. The summed E-state index contributed by atoms with van der Waals surface area (Å²) < 4.78 is 0. The Bertz CT molecular complexity index is 664. The van der Waals surface area contributed by atoms with Crippen LogP contribution < -0.4 is 5.32 Å². The third-order valence-corrected chi connectivity index (χ3v) is 5.09. The van der Waals surface area contributed by atoms with E-state index in [4.69, 9.17) is 11.6 Å². The average Bonchev–Trinajstić information content (AvgIpc) is 2.65. The number of carbonyl (C=O) groups is 1. The van der Waals surface area contributed by atoms with Crippen molar-refractivity contribution in [2.45, 2.75) is 25.8 Å². The Balaban J connectivity index is 1.37. The normalized spacial score (nSPS) is 15.9. The molecule has 1 amide bonds. The Hall–Kier alpha value is -1.84. The standard InChI is InChI=1S/C21H25ClN2O/c22-20-8-6-17(7-9-20)10-13-23-21(25)19-11-14-24(15-12-19)16-18-4-2-1-3-5-18/h1-9,19H,10-16H2,(H,23,25). The second-order valence-electron chi connectivity index (χ2n) is 6.70. The van der Waals surface area contributed by atoms with Crippen LogP contribution in [0.3, 0.4) is 0 Å². The van der Waals surface area contributed by atoms with Gasteiger partial charge < -0.3 is 5.32 Å². The predicted octanol–water partition coefficient (Wildman–Crippen LogP) is 3.91. The van der Waals surface area contributed by atoms with Crippen LogP contribution in [-0.2, 0) is 17.8 Å². The second-order valence-corrected chi connectivity index (χ2v) is 7.14. The van der Waals surface area contributed by atoms with Crippen LogP contribution in [-0.4, -0.2) is 30.4 Å². The lowest BCUT2D eigenvalue weighted by molar-refractivity contribution is -0.126. The molecule has 0 saturated carbocycles. The van der Waals surface area contributed by atoms with Gasteiger partial charge >= 0.3 is 0 Å². The number of rotatable bonds is 6. The third-order valence-electron chi connectivity index (χ3n) is 4.83. The van der Waals surface area contributed by atoms with Crippen LogP contribution in [0.4, 0.5) is 0 Å². The number of amides is 1. The molecule has 1 heterocycles. The molecule has 4 heteroatoms. The second kappa shape index (κ2) is 9.02. The van der Waals surface area contributed by atoms with Gasteiger partial charge in [0, 0.05) is 24.0 Å². The fourth-order valence-corrected chi connectivity index (χ4v) is 3.45. The van der Waals surface area contributed by atoms with E-state index in [0.29, 0.717) is 6.54 Å². The Morgan fingerprint density at radius 1 is 1.00 bits per heavy atom. The van der Waals surface area contributed by atoms with E-state index in [-0.39, 0.29) is 11.8 Å². The van der Waals surface area contributed by atoms with Crippen LogP contribution in [0.15, 0.2) is 54.6 Å². The van der Waals surface area contributed by atoms with Crippen LogP contribution in [0.5, 0.6) is 0 Å². The number of likely N-dealkylation sites (tertiary alicyclic amines) is 1. The van der Waals surface area contributed by atoms with Crippen molar-refractivity contribution in [2.75, 3.05) is 19.6 Å². The van der Waals surface area contributed by atoms with Gasteiger partial charge in [-0.25, -0.2) is 0 Å². The summed E-state index contributed by atoms with van der Waals surface area (Å²) in [5.74, 6) is 0.352. The monoisotopic (exact) mass is 356 g/mol. The van der Waals surface area contributed by atoms with E-state index in [2.05, 4.69) is 34.5 Å². The SMILES string of the molecule is O=C(NCCc1ccc(Cl)cc1)C1CCN(Cc2ccccc2)CC1. The summed E-state index contributed by atoms with van der Waals surface area (Å²) in [5.41, 5.74) is 2.54. The van der Waals surface area contributed by atoms with Crippen molar-refractivity contribution in [3.05, 3.63) is 70.7 Å². The molecule has 1 fully saturated rings. The number of hydrogen-bond acceptors (Lipinski definition) is 2. The fraction of sp³-hybridized carbons (Fsp3) is 0.381. The summed E-state index contributed by atoms with van der Waals surface area (Å²) in [5, 5.41) is 3.83. The van der Waals surface area contributed by atoms with Gasteiger partial charge in [-0.15, -0.1) is 0 Å². The van der Waals surface area contributed by atoms with Crippen molar-refractivity contribution in [1.82, 2.24) is 10.2 Å². The lowest BCUT2D eigenvalue weighted by Gasteiger charge is -2.31. The molecular formula is C21H25ClN2O. The van der Waals surface area contributed by atoms with Gasteiger partial charge in [0.2, 0.25) is 5.91 Å². The lowest BCUT2D eigenvalue weighted by Crippen LogP contribution is -2.40. The van der Waals surface area contributed by atoms with Gasteiger partial charge in [-0.3, -0.25) is 9.69 Å². The van der Waals surface area contributed by atoms with Crippen LogP contribution in [0, 0.1) is 5.92 Å². The topological polar surface area (TPSA) is 32.3 Å². The first-order chi connectivity index (χ1) is 12.2. The number of benzene rings is 2. The Morgan fingerprint density at radius 3 is 2.36 bits per heavy atom. The molecule has 3 rings (SSSR count). The van der Waals surface area contributed by atoms with Crippen molar-refractivity contribution in [2.24, 2.45) is 5.92 Å². The molecule has 0 atom stereocenters. The summed E-state index contributed by atoms with van der Waals surface area (Å²) in [6.07, 6.45) is 2.73. The highest BCUT2D eigenvalue weighted by Gasteiger charge is 2.24. The maximum atomic E-state index is 12.4. The van der Waals surface area contributed by atoms with Crippen LogP contribution in [0.1, 0.15) is 24.0 Å². The quantitative estimate of drug-likeness (QED) is 0.851. The van der Waals surface area contributed by atoms with Gasteiger partial charge in [0.05, 0.1) is 0 Å². The van der Waals surface area contributed by atoms with Crippen LogP contribution in [0.25, 0.3) is 0 Å². The molecule has 1 N–H and O–H groups in total. The highest BCUT2D eigenvalue weighted by molar-refractivity contribution is 6.30. The molecule has 0 aromatic heterocycles. The molecule has 2 aromatic rings. The Kier molecular flexibility index (Phi) is 6.48. The summed E-state index contributed by atoms with van der Waals surface area (Å²) in [7, 11) is 0. The highest BCUT2D eigenvalue weighted by atomic mass is 35.5. The van der Waals surface area contributed by atoms with Crippen molar-refractivity contribution in [3.8, 4) is 0 Å². The van der Waals surface area contributed by atoms with Gasteiger partial charge in [-0.05, 0) is 55.6 Å². The van der Waals surface area contributed by atoms with E-state index in [1.807, 2.05) is 30.3 Å².